The second-order valence-electron chi connectivity index (χ2n) is 5.88. The van der Waals surface area contributed by atoms with Crippen molar-refractivity contribution < 1.29 is 9.47 Å². The Hall–Kier alpha value is -1.26. The summed E-state index contributed by atoms with van der Waals surface area (Å²) < 4.78 is 11.3. The van der Waals surface area contributed by atoms with Crippen LogP contribution in [0.15, 0.2) is 36.4 Å². The summed E-state index contributed by atoms with van der Waals surface area (Å²) in [5.41, 5.74) is 3.29. The summed E-state index contributed by atoms with van der Waals surface area (Å²) in [4.78, 5) is 0. The minimum atomic E-state index is 0.471. The van der Waals surface area contributed by atoms with Gasteiger partial charge in [0.05, 0.1) is 5.02 Å². The summed E-state index contributed by atoms with van der Waals surface area (Å²) in [6.45, 7) is 7.56. The normalized spacial score (nSPS) is 10.9. The topological polar surface area (TPSA) is 30.5 Å². The van der Waals surface area contributed by atoms with Gasteiger partial charge in [-0.15, -0.1) is 0 Å². The first-order valence-electron chi connectivity index (χ1n) is 8.55. The Morgan fingerprint density at radius 3 is 2.56 bits per heavy atom. The monoisotopic (exact) mass is 381 g/mol. The molecular weight excluding hydrogens is 357 g/mol. The van der Waals surface area contributed by atoms with Crippen molar-refractivity contribution in [2.75, 3.05) is 19.8 Å². The molecular formula is C20H25Cl2NO2. The lowest BCUT2D eigenvalue weighted by Gasteiger charge is -2.15. The molecule has 0 saturated carbocycles. The second-order valence-corrected chi connectivity index (χ2v) is 6.72. The number of ether oxygens (including phenoxy) is 2. The van der Waals surface area contributed by atoms with Gasteiger partial charge in [-0.1, -0.05) is 53.0 Å². The molecule has 0 radical (unpaired) electrons. The van der Waals surface area contributed by atoms with Crippen LogP contribution < -0.4 is 10.1 Å². The van der Waals surface area contributed by atoms with E-state index in [1.54, 1.807) is 6.07 Å². The molecule has 0 aliphatic carbocycles. The van der Waals surface area contributed by atoms with Gasteiger partial charge in [-0.2, -0.15) is 0 Å². The Kier molecular flexibility index (Phi) is 8.56. The number of halogens is 2. The van der Waals surface area contributed by atoms with E-state index in [0.29, 0.717) is 28.9 Å². The van der Waals surface area contributed by atoms with Gasteiger partial charge in [-0.05, 0) is 44.5 Å². The first kappa shape index (κ1) is 20.1. The van der Waals surface area contributed by atoms with Crippen LogP contribution in [0.2, 0.25) is 10.0 Å². The van der Waals surface area contributed by atoms with Crippen LogP contribution in [-0.4, -0.2) is 19.8 Å². The Balaban J connectivity index is 1.97. The molecule has 0 unspecified atom stereocenters. The molecule has 5 heteroatoms. The molecule has 2 aromatic rings. The largest absolute Gasteiger partial charge is 0.487 e. The molecule has 0 bridgehead atoms. The minimum Gasteiger partial charge on any atom is -0.487 e. The smallest absolute Gasteiger partial charge is 0.142 e. The third-order valence-electron chi connectivity index (χ3n) is 3.75. The van der Waals surface area contributed by atoms with Crippen molar-refractivity contribution in [1.82, 2.24) is 5.32 Å². The lowest BCUT2D eigenvalue weighted by molar-refractivity contribution is 0.144. The maximum Gasteiger partial charge on any atom is 0.142 e. The molecule has 25 heavy (non-hydrogen) atoms. The van der Waals surface area contributed by atoms with E-state index in [-0.39, 0.29) is 0 Å². The molecule has 0 spiro atoms. The number of rotatable bonds is 10. The number of hydrogen-bond acceptors (Lipinski definition) is 3. The van der Waals surface area contributed by atoms with E-state index < -0.39 is 0 Å². The van der Waals surface area contributed by atoms with Crippen molar-refractivity contribution in [3.8, 4) is 5.75 Å². The molecule has 0 aliphatic heterocycles. The maximum atomic E-state index is 6.35. The van der Waals surface area contributed by atoms with Crippen LogP contribution in [0.4, 0.5) is 0 Å². The molecule has 136 valence electrons. The van der Waals surface area contributed by atoms with Crippen LogP contribution in [0, 0.1) is 6.92 Å². The Morgan fingerprint density at radius 1 is 1.08 bits per heavy atom. The molecule has 2 aromatic carbocycles. The van der Waals surface area contributed by atoms with E-state index in [4.69, 9.17) is 32.7 Å². The summed E-state index contributed by atoms with van der Waals surface area (Å²) in [7, 11) is 0. The summed E-state index contributed by atoms with van der Waals surface area (Å²) in [6.07, 6.45) is 0.960. The fourth-order valence-corrected chi connectivity index (χ4v) is 3.00. The van der Waals surface area contributed by atoms with Crippen LogP contribution in [0.1, 0.15) is 30.0 Å². The standard InChI is InChI=1S/C20H25Cl2NO2/c1-3-24-10-4-9-23-13-17-11-18(21)12-19(22)20(17)25-14-16-7-5-15(2)6-8-16/h5-8,11-12,23H,3-4,9-10,13-14H2,1-2H3. The zero-order chi connectivity index (χ0) is 18.1. The first-order valence-corrected chi connectivity index (χ1v) is 9.30. The molecule has 2 rings (SSSR count). The Bertz CT molecular complexity index is 659. The lowest BCUT2D eigenvalue weighted by Crippen LogP contribution is -2.17. The summed E-state index contributed by atoms with van der Waals surface area (Å²) in [6, 6.07) is 11.9. The molecule has 0 fully saturated rings. The highest BCUT2D eigenvalue weighted by molar-refractivity contribution is 6.35. The fraction of sp³-hybridized carbons (Fsp3) is 0.400. The molecule has 0 saturated heterocycles. The number of aryl methyl sites for hydroxylation is 1. The summed E-state index contributed by atoms with van der Waals surface area (Å²) >= 11 is 12.5. The quantitative estimate of drug-likeness (QED) is 0.559. The van der Waals surface area contributed by atoms with E-state index in [1.807, 2.05) is 13.0 Å². The van der Waals surface area contributed by atoms with Gasteiger partial charge >= 0.3 is 0 Å². The highest BCUT2D eigenvalue weighted by atomic mass is 35.5. The van der Waals surface area contributed by atoms with E-state index in [2.05, 4.69) is 36.5 Å². The van der Waals surface area contributed by atoms with Gasteiger partial charge in [0.2, 0.25) is 0 Å². The van der Waals surface area contributed by atoms with Crippen LogP contribution in [-0.2, 0) is 17.9 Å². The molecule has 0 aliphatic rings. The summed E-state index contributed by atoms with van der Waals surface area (Å²) in [5.74, 6) is 0.684. The van der Waals surface area contributed by atoms with Gasteiger partial charge in [0.25, 0.3) is 0 Å². The van der Waals surface area contributed by atoms with Crippen molar-refractivity contribution >= 4 is 23.2 Å². The van der Waals surface area contributed by atoms with E-state index in [1.165, 1.54) is 5.56 Å². The molecule has 0 aromatic heterocycles. The lowest BCUT2D eigenvalue weighted by atomic mass is 10.1. The molecule has 0 heterocycles. The third-order valence-corrected chi connectivity index (χ3v) is 4.25. The number of nitrogens with one attached hydrogen (secondary N) is 1. The van der Waals surface area contributed by atoms with E-state index in [0.717, 1.165) is 37.3 Å². The van der Waals surface area contributed by atoms with Crippen molar-refractivity contribution in [3.63, 3.8) is 0 Å². The van der Waals surface area contributed by atoms with Gasteiger partial charge in [-0.3, -0.25) is 0 Å². The van der Waals surface area contributed by atoms with E-state index >= 15 is 0 Å². The predicted octanol–water partition coefficient (Wildman–Crippen LogP) is 5.40. The van der Waals surface area contributed by atoms with Crippen molar-refractivity contribution in [3.05, 3.63) is 63.1 Å². The highest BCUT2D eigenvalue weighted by Crippen LogP contribution is 2.33. The van der Waals surface area contributed by atoms with Crippen LogP contribution in [0.3, 0.4) is 0 Å². The third kappa shape index (κ3) is 6.87. The van der Waals surface area contributed by atoms with Gasteiger partial charge in [0.1, 0.15) is 12.4 Å². The fourth-order valence-electron chi connectivity index (χ4n) is 2.41. The molecule has 0 amide bonds. The summed E-state index contributed by atoms with van der Waals surface area (Å²) in [5, 5.41) is 4.53. The van der Waals surface area contributed by atoms with E-state index in [9.17, 15) is 0 Å². The van der Waals surface area contributed by atoms with Gasteiger partial charge in [-0.25, -0.2) is 0 Å². The maximum absolute atomic E-state index is 6.35. The van der Waals surface area contributed by atoms with Crippen molar-refractivity contribution in [2.45, 2.75) is 33.4 Å². The Labute approximate surface area is 160 Å². The number of hydrogen-bond donors (Lipinski definition) is 1. The van der Waals surface area contributed by atoms with Crippen molar-refractivity contribution in [2.24, 2.45) is 0 Å². The van der Waals surface area contributed by atoms with Crippen LogP contribution in [0.5, 0.6) is 5.75 Å². The Morgan fingerprint density at radius 2 is 1.84 bits per heavy atom. The average molecular weight is 382 g/mol. The zero-order valence-corrected chi connectivity index (χ0v) is 16.3. The average Bonchev–Trinajstić information content (AvgIpc) is 2.58. The molecule has 1 N–H and O–H groups in total. The van der Waals surface area contributed by atoms with Crippen LogP contribution in [0.25, 0.3) is 0 Å². The van der Waals surface area contributed by atoms with Gasteiger partial charge < -0.3 is 14.8 Å². The molecule has 3 nitrogen and oxygen atoms in total. The second kappa shape index (κ2) is 10.7. The van der Waals surface area contributed by atoms with Crippen LogP contribution >= 0.6 is 23.2 Å². The number of benzene rings is 2. The molecule has 0 atom stereocenters. The minimum absolute atomic E-state index is 0.471. The van der Waals surface area contributed by atoms with Crippen molar-refractivity contribution in [1.29, 1.82) is 0 Å². The highest BCUT2D eigenvalue weighted by Gasteiger charge is 2.11. The SMILES string of the molecule is CCOCCCNCc1cc(Cl)cc(Cl)c1OCc1ccc(C)cc1. The van der Waals surface area contributed by atoms with Gasteiger partial charge in [0.15, 0.2) is 0 Å². The first-order chi connectivity index (χ1) is 12.1. The predicted molar refractivity (Wildman–Crippen MR) is 105 cm³/mol. The van der Waals surface area contributed by atoms with Gasteiger partial charge in [0, 0.05) is 30.3 Å². The zero-order valence-electron chi connectivity index (χ0n) is 14.8.